The van der Waals surface area contributed by atoms with E-state index < -0.39 is 23.5 Å². The van der Waals surface area contributed by atoms with Crippen molar-refractivity contribution in [2.45, 2.75) is 13.1 Å². The molecule has 0 unspecified atom stereocenters. The van der Waals surface area contributed by atoms with Gasteiger partial charge in [0.25, 0.3) is 0 Å². The zero-order chi connectivity index (χ0) is 17.6. The van der Waals surface area contributed by atoms with E-state index in [0.29, 0.717) is 17.0 Å². The van der Waals surface area contributed by atoms with Crippen molar-refractivity contribution in [3.05, 3.63) is 40.5 Å². The zero-order valence-corrected chi connectivity index (χ0v) is 13.3. The first-order chi connectivity index (χ1) is 11.2. The van der Waals surface area contributed by atoms with Crippen molar-refractivity contribution in [1.29, 1.82) is 0 Å². The van der Waals surface area contributed by atoms with Crippen LogP contribution in [0.2, 0.25) is 0 Å². The Hall–Kier alpha value is -2.55. The van der Waals surface area contributed by atoms with Crippen LogP contribution in [0.3, 0.4) is 0 Å². The monoisotopic (exact) mass is 356 g/mol. The number of carbonyl (C=O) groups is 1. The van der Waals surface area contributed by atoms with Gasteiger partial charge in [-0.1, -0.05) is 0 Å². The number of carboxylic acids is 1. The molecule has 5 nitrogen and oxygen atoms in total. The number of hydrogen-bond acceptors (Lipinski definition) is 4. The highest BCUT2D eigenvalue weighted by molar-refractivity contribution is 7.15. The third-order valence-electron chi connectivity index (χ3n) is 3.53. The molecule has 1 N–H and O–H groups in total. The summed E-state index contributed by atoms with van der Waals surface area (Å²) in [7, 11) is 1.51. The molecular weight excluding hydrogens is 345 g/mol. The van der Waals surface area contributed by atoms with E-state index in [2.05, 4.69) is 4.98 Å². The lowest BCUT2D eigenvalue weighted by Gasteiger charge is -2.08. The molecule has 0 aliphatic heterocycles. The van der Waals surface area contributed by atoms with Crippen molar-refractivity contribution >= 4 is 22.3 Å². The molecule has 1 aromatic carbocycles. The molecule has 24 heavy (non-hydrogen) atoms. The van der Waals surface area contributed by atoms with Gasteiger partial charge >= 0.3 is 12.1 Å². The molecule has 2 heterocycles. The van der Waals surface area contributed by atoms with Crippen molar-refractivity contribution in [2.75, 3.05) is 7.11 Å². The Morgan fingerprint density at radius 1 is 1.38 bits per heavy atom. The zero-order valence-electron chi connectivity index (χ0n) is 12.5. The van der Waals surface area contributed by atoms with Gasteiger partial charge in [-0.25, -0.2) is 9.78 Å². The Labute approximate surface area is 137 Å². The van der Waals surface area contributed by atoms with Crippen LogP contribution in [0.1, 0.15) is 21.7 Å². The normalized spacial score (nSPS) is 11.9. The number of aromatic nitrogens is 2. The van der Waals surface area contributed by atoms with Crippen molar-refractivity contribution in [3.63, 3.8) is 0 Å². The van der Waals surface area contributed by atoms with Gasteiger partial charge in [0.1, 0.15) is 5.75 Å². The van der Waals surface area contributed by atoms with Gasteiger partial charge in [-0.2, -0.15) is 13.2 Å². The average Bonchev–Trinajstić information content (AvgIpc) is 3.04. The summed E-state index contributed by atoms with van der Waals surface area (Å²) in [5.74, 6) is -1.05. The largest absolute Gasteiger partial charge is 0.496 e. The highest BCUT2D eigenvalue weighted by Gasteiger charge is 2.41. The third-order valence-corrected chi connectivity index (χ3v) is 4.35. The van der Waals surface area contributed by atoms with Gasteiger partial charge in [-0.3, -0.25) is 4.40 Å². The first kappa shape index (κ1) is 16.3. The quantitative estimate of drug-likeness (QED) is 0.767. The molecule has 3 aromatic rings. The molecule has 3 rings (SSSR count). The number of imidazole rings is 1. The molecule has 9 heteroatoms. The van der Waals surface area contributed by atoms with Crippen LogP contribution in [0.4, 0.5) is 13.2 Å². The highest BCUT2D eigenvalue weighted by atomic mass is 32.1. The van der Waals surface area contributed by atoms with E-state index in [1.807, 2.05) is 0 Å². The van der Waals surface area contributed by atoms with E-state index >= 15 is 0 Å². The highest BCUT2D eigenvalue weighted by Crippen LogP contribution is 2.37. The van der Waals surface area contributed by atoms with Crippen LogP contribution in [0.5, 0.6) is 5.75 Å². The van der Waals surface area contributed by atoms with Gasteiger partial charge in [-0.15, -0.1) is 11.3 Å². The van der Waals surface area contributed by atoms with E-state index in [9.17, 15) is 23.1 Å². The molecule has 0 saturated heterocycles. The smallest absolute Gasteiger partial charge is 0.435 e. The van der Waals surface area contributed by atoms with Crippen LogP contribution in [-0.2, 0) is 6.18 Å². The summed E-state index contributed by atoms with van der Waals surface area (Å²) in [6, 6.07) is 5.06. The van der Waals surface area contributed by atoms with Gasteiger partial charge in [0.05, 0.1) is 12.8 Å². The molecule has 0 bridgehead atoms. The second-order valence-electron chi connectivity index (χ2n) is 5.04. The molecule has 0 spiro atoms. The standard InChI is InChI=1S/C15H11F3N2O3S/c1-7-5-8(3-4-10(7)23-2)9-6-24-14-19-12(15(16,17)18)11(13(21)22)20(9)14/h3-6H,1-2H3,(H,21,22). The number of fused-ring (bicyclic) bond motifs is 1. The number of aromatic carboxylic acids is 1. The van der Waals surface area contributed by atoms with Crippen LogP contribution in [-0.4, -0.2) is 27.6 Å². The van der Waals surface area contributed by atoms with Crippen LogP contribution in [0.25, 0.3) is 16.2 Å². The summed E-state index contributed by atoms with van der Waals surface area (Å²) in [4.78, 5) is 14.8. The van der Waals surface area contributed by atoms with Crippen molar-refractivity contribution in [3.8, 4) is 17.0 Å². The minimum absolute atomic E-state index is 0.0248. The molecule has 0 atom stereocenters. The molecule has 0 radical (unpaired) electrons. The van der Waals surface area contributed by atoms with Crippen molar-refractivity contribution < 1.29 is 27.8 Å². The van der Waals surface area contributed by atoms with Crippen LogP contribution in [0.15, 0.2) is 23.6 Å². The fourth-order valence-electron chi connectivity index (χ4n) is 2.49. The summed E-state index contributed by atoms with van der Waals surface area (Å²) >= 11 is 0.950. The predicted molar refractivity (Wildman–Crippen MR) is 81.8 cm³/mol. The minimum atomic E-state index is -4.84. The lowest BCUT2D eigenvalue weighted by Crippen LogP contribution is -2.14. The molecule has 0 fully saturated rings. The maximum Gasteiger partial charge on any atom is 0.435 e. The predicted octanol–water partition coefficient (Wildman–Crippen LogP) is 4.10. The Balaban J connectivity index is 2.29. The van der Waals surface area contributed by atoms with Gasteiger partial charge in [0.15, 0.2) is 16.3 Å². The number of alkyl halides is 3. The van der Waals surface area contributed by atoms with E-state index in [1.165, 1.54) is 7.11 Å². The summed E-state index contributed by atoms with van der Waals surface area (Å²) in [6.07, 6.45) is -4.84. The summed E-state index contributed by atoms with van der Waals surface area (Å²) in [5.41, 5.74) is -0.590. The maximum atomic E-state index is 13.1. The number of aryl methyl sites for hydroxylation is 1. The Morgan fingerprint density at radius 2 is 2.08 bits per heavy atom. The van der Waals surface area contributed by atoms with Gasteiger partial charge in [-0.05, 0) is 36.2 Å². The van der Waals surface area contributed by atoms with Gasteiger partial charge in [0.2, 0.25) is 0 Å². The number of thiazole rings is 1. The topological polar surface area (TPSA) is 63.8 Å². The van der Waals surface area contributed by atoms with Crippen LogP contribution < -0.4 is 4.74 Å². The lowest BCUT2D eigenvalue weighted by molar-refractivity contribution is -0.141. The Bertz CT molecular complexity index is 943. The van der Waals surface area contributed by atoms with Gasteiger partial charge in [0, 0.05) is 5.38 Å². The number of rotatable bonds is 3. The molecule has 0 aliphatic rings. The SMILES string of the molecule is COc1ccc(-c2csc3nc(C(F)(F)F)c(C(=O)O)n23)cc1C. The minimum Gasteiger partial charge on any atom is -0.496 e. The number of nitrogens with zero attached hydrogens (tertiary/aromatic N) is 2. The van der Waals surface area contributed by atoms with Crippen LogP contribution in [0, 0.1) is 6.92 Å². The Morgan fingerprint density at radius 3 is 2.62 bits per heavy atom. The maximum absolute atomic E-state index is 13.1. The molecule has 126 valence electrons. The number of ether oxygens (including phenoxy) is 1. The fourth-order valence-corrected chi connectivity index (χ4v) is 3.39. The number of methoxy groups -OCH3 is 1. The summed E-state index contributed by atoms with van der Waals surface area (Å²) < 4.78 is 45.4. The first-order valence-electron chi connectivity index (χ1n) is 6.69. The van der Waals surface area contributed by atoms with Gasteiger partial charge < -0.3 is 9.84 Å². The molecule has 0 amide bonds. The molecule has 2 aromatic heterocycles. The molecule has 0 aliphatic carbocycles. The fraction of sp³-hybridized carbons (Fsp3) is 0.200. The number of carboxylic acid groups (broad SMARTS) is 1. The van der Waals surface area contributed by atoms with Crippen molar-refractivity contribution in [2.24, 2.45) is 0 Å². The van der Waals surface area contributed by atoms with Crippen molar-refractivity contribution in [1.82, 2.24) is 9.38 Å². The van der Waals surface area contributed by atoms with Crippen LogP contribution >= 0.6 is 11.3 Å². The second-order valence-corrected chi connectivity index (χ2v) is 5.87. The van der Waals surface area contributed by atoms with E-state index in [-0.39, 0.29) is 4.96 Å². The summed E-state index contributed by atoms with van der Waals surface area (Å²) in [6.45, 7) is 1.79. The summed E-state index contributed by atoms with van der Waals surface area (Å²) in [5, 5.41) is 10.8. The number of benzene rings is 1. The first-order valence-corrected chi connectivity index (χ1v) is 7.57. The number of halogens is 3. The molecule has 0 saturated carbocycles. The molecular formula is C15H11F3N2O3S. The average molecular weight is 356 g/mol. The van der Waals surface area contributed by atoms with E-state index in [1.54, 1.807) is 30.5 Å². The third kappa shape index (κ3) is 2.50. The number of hydrogen-bond donors (Lipinski definition) is 1. The second kappa shape index (κ2) is 5.52. The lowest BCUT2D eigenvalue weighted by atomic mass is 10.1. The van der Waals surface area contributed by atoms with E-state index in [0.717, 1.165) is 21.3 Å². The Kier molecular flexibility index (Phi) is 3.75. The van der Waals surface area contributed by atoms with E-state index in [4.69, 9.17) is 4.74 Å².